The Kier molecular flexibility index (Phi) is 6.07. The number of pyridine rings is 1. The quantitative estimate of drug-likeness (QED) is 0.827. The van der Waals surface area contributed by atoms with Crippen molar-refractivity contribution < 1.29 is 14.3 Å². The van der Waals surface area contributed by atoms with Gasteiger partial charge in [-0.3, -0.25) is 9.69 Å². The van der Waals surface area contributed by atoms with Gasteiger partial charge in [0.2, 0.25) is 11.8 Å². The third kappa shape index (κ3) is 4.32. The van der Waals surface area contributed by atoms with Crippen LogP contribution < -0.4 is 14.8 Å². The van der Waals surface area contributed by atoms with Crippen LogP contribution in [0, 0.1) is 0 Å². The van der Waals surface area contributed by atoms with Crippen LogP contribution >= 0.6 is 0 Å². The molecular weight excluding hydrogens is 330 g/mol. The lowest BCUT2D eigenvalue weighted by Crippen LogP contribution is -2.43. The van der Waals surface area contributed by atoms with Crippen molar-refractivity contribution in [1.82, 2.24) is 15.2 Å². The van der Waals surface area contributed by atoms with Crippen molar-refractivity contribution >= 4 is 5.91 Å². The average molecular weight is 355 g/mol. The summed E-state index contributed by atoms with van der Waals surface area (Å²) in [6.45, 7) is 4.30. The smallest absolute Gasteiger partial charge is 0.237 e. The van der Waals surface area contributed by atoms with Gasteiger partial charge < -0.3 is 14.8 Å². The maximum atomic E-state index is 12.4. The van der Waals surface area contributed by atoms with Crippen molar-refractivity contribution in [3.63, 3.8) is 0 Å². The number of nitrogens with one attached hydrogen (secondary N) is 1. The van der Waals surface area contributed by atoms with Gasteiger partial charge in [-0.1, -0.05) is 18.2 Å². The Bertz CT molecular complexity index is 745. The minimum Gasteiger partial charge on any atom is -0.493 e. The summed E-state index contributed by atoms with van der Waals surface area (Å²) in [6, 6.07) is 11.0. The second kappa shape index (κ2) is 8.67. The molecule has 0 radical (unpaired) electrons. The number of ether oxygens (including phenoxy) is 2. The van der Waals surface area contributed by atoms with Crippen LogP contribution in [0.4, 0.5) is 0 Å². The predicted octanol–water partition coefficient (Wildman–Crippen LogP) is 2.98. The first-order valence-corrected chi connectivity index (χ1v) is 8.95. The first kappa shape index (κ1) is 18.2. The van der Waals surface area contributed by atoms with Crippen LogP contribution in [0.25, 0.3) is 0 Å². The topological polar surface area (TPSA) is 63.7 Å². The van der Waals surface area contributed by atoms with Gasteiger partial charge in [0, 0.05) is 18.3 Å². The zero-order valence-corrected chi connectivity index (χ0v) is 15.3. The molecule has 1 fully saturated rings. The van der Waals surface area contributed by atoms with Gasteiger partial charge in [-0.2, -0.15) is 0 Å². The minimum absolute atomic E-state index is 0.0268. The van der Waals surface area contributed by atoms with Crippen LogP contribution in [0.3, 0.4) is 0 Å². The second-order valence-corrected chi connectivity index (χ2v) is 6.36. The Balaban J connectivity index is 1.66. The number of hydrogen-bond acceptors (Lipinski definition) is 5. The number of nitrogens with zero attached hydrogens (tertiary/aromatic N) is 2. The average Bonchev–Trinajstić information content (AvgIpc) is 3.21. The van der Waals surface area contributed by atoms with Gasteiger partial charge in [0.05, 0.1) is 13.2 Å². The van der Waals surface area contributed by atoms with Gasteiger partial charge >= 0.3 is 0 Å². The number of aromatic nitrogens is 1. The number of para-hydroxylation sites is 2. The zero-order valence-electron chi connectivity index (χ0n) is 15.3. The third-order valence-electron chi connectivity index (χ3n) is 4.65. The molecule has 1 atom stereocenters. The summed E-state index contributed by atoms with van der Waals surface area (Å²) in [6.07, 6.45) is 4.00. The molecular formula is C20H25N3O3. The summed E-state index contributed by atoms with van der Waals surface area (Å²) in [5.41, 5.74) is 0.820. The molecule has 1 N–H and O–H groups in total. The Morgan fingerprint density at radius 2 is 1.92 bits per heavy atom. The summed E-state index contributed by atoms with van der Waals surface area (Å²) < 4.78 is 11.2. The molecule has 1 amide bonds. The summed E-state index contributed by atoms with van der Waals surface area (Å²) >= 11 is 0. The molecule has 26 heavy (non-hydrogen) atoms. The Labute approximate surface area is 154 Å². The number of likely N-dealkylation sites (tertiary alicyclic amines) is 1. The fourth-order valence-corrected chi connectivity index (χ4v) is 3.08. The summed E-state index contributed by atoms with van der Waals surface area (Å²) in [7, 11) is 1.60. The van der Waals surface area contributed by atoms with Crippen molar-refractivity contribution in [2.45, 2.75) is 32.4 Å². The highest BCUT2D eigenvalue weighted by molar-refractivity contribution is 5.81. The van der Waals surface area contributed by atoms with Crippen molar-refractivity contribution in [2.75, 3.05) is 20.2 Å². The normalized spacial score (nSPS) is 15.5. The van der Waals surface area contributed by atoms with E-state index in [0.29, 0.717) is 23.9 Å². The van der Waals surface area contributed by atoms with E-state index in [1.807, 2.05) is 43.3 Å². The van der Waals surface area contributed by atoms with E-state index in [9.17, 15) is 4.79 Å². The van der Waals surface area contributed by atoms with E-state index in [1.165, 1.54) is 0 Å². The van der Waals surface area contributed by atoms with Crippen molar-refractivity contribution in [2.24, 2.45) is 0 Å². The number of methoxy groups -OCH3 is 1. The highest BCUT2D eigenvalue weighted by atomic mass is 16.5. The maximum absolute atomic E-state index is 12.4. The SMILES string of the molecule is COc1ccccc1Oc1ncccc1CNC(=O)C(C)N1CCCC1. The molecule has 0 bridgehead atoms. The zero-order chi connectivity index (χ0) is 18.4. The molecule has 2 aromatic rings. The summed E-state index contributed by atoms with van der Waals surface area (Å²) in [4.78, 5) is 19.0. The van der Waals surface area contributed by atoms with E-state index in [1.54, 1.807) is 13.3 Å². The molecule has 138 valence electrons. The molecule has 0 spiro atoms. The van der Waals surface area contributed by atoms with E-state index >= 15 is 0 Å². The van der Waals surface area contributed by atoms with E-state index in [-0.39, 0.29) is 11.9 Å². The Morgan fingerprint density at radius 1 is 1.19 bits per heavy atom. The van der Waals surface area contributed by atoms with Gasteiger partial charge in [0.25, 0.3) is 0 Å². The molecule has 6 nitrogen and oxygen atoms in total. The summed E-state index contributed by atoms with van der Waals surface area (Å²) in [5, 5.41) is 3.00. The fraction of sp³-hybridized carbons (Fsp3) is 0.400. The number of rotatable bonds is 7. The molecule has 6 heteroatoms. The second-order valence-electron chi connectivity index (χ2n) is 6.36. The van der Waals surface area contributed by atoms with Crippen LogP contribution in [0.15, 0.2) is 42.6 Å². The monoisotopic (exact) mass is 355 g/mol. The molecule has 0 saturated carbocycles. The van der Waals surface area contributed by atoms with Crippen LogP contribution in [0.1, 0.15) is 25.3 Å². The lowest BCUT2D eigenvalue weighted by Gasteiger charge is -2.22. The van der Waals surface area contributed by atoms with Crippen molar-refractivity contribution in [3.8, 4) is 17.4 Å². The number of carbonyl (C=O) groups excluding carboxylic acids is 1. The van der Waals surface area contributed by atoms with E-state index in [2.05, 4.69) is 15.2 Å². The molecule has 1 aliphatic rings. The van der Waals surface area contributed by atoms with Gasteiger partial charge in [-0.15, -0.1) is 0 Å². The Hall–Kier alpha value is -2.60. The molecule has 2 heterocycles. The molecule has 0 aliphatic carbocycles. The largest absolute Gasteiger partial charge is 0.493 e. The minimum atomic E-state index is -0.118. The van der Waals surface area contributed by atoms with E-state index < -0.39 is 0 Å². The van der Waals surface area contributed by atoms with Gasteiger partial charge in [0.15, 0.2) is 11.5 Å². The molecule has 1 aromatic heterocycles. The molecule has 1 aliphatic heterocycles. The van der Waals surface area contributed by atoms with Crippen LogP contribution in [0.2, 0.25) is 0 Å². The van der Waals surface area contributed by atoms with Gasteiger partial charge in [-0.25, -0.2) is 4.98 Å². The predicted molar refractivity (Wildman–Crippen MR) is 99.4 cm³/mol. The lowest BCUT2D eigenvalue weighted by molar-refractivity contribution is -0.125. The van der Waals surface area contributed by atoms with Crippen LogP contribution in [-0.4, -0.2) is 42.0 Å². The maximum Gasteiger partial charge on any atom is 0.237 e. The standard InChI is InChI=1S/C20H25N3O3/c1-15(23-12-5-6-13-23)19(24)22-14-16-8-7-11-21-20(16)26-18-10-4-3-9-17(18)25-2/h3-4,7-11,15H,5-6,12-14H2,1-2H3,(H,22,24). The molecule has 1 aromatic carbocycles. The Morgan fingerprint density at radius 3 is 2.65 bits per heavy atom. The van der Waals surface area contributed by atoms with Crippen LogP contribution in [-0.2, 0) is 11.3 Å². The highest BCUT2D eigenvalue weighted by Gasteiger charge is 2.23. The number of hydrogen-bond donors (Lipinski definition) is 1. The van der Waals surface area contributed by atoms with Crippen molar-refractivity contribution in [3.05, 3.63) is 48.2 Å². The third-order valence-corrected chi connectivity index (χ3v) is 4.65. The number of amides is 1. The van der Waals surface area contributed by atoms with Gasteiger partial charge in [-0.05, 0) is 51.1 Å². The van der Waals surface area contributed by atoms with Crippen molar-refractivity contribution in [1.29, 1.82) is 0 Å². The summed E-state index contributed by atoms with van der Waals surface area (Å²) in [5.74, 6) is 1.72. The molecule has 3 rings (SSSR count). The first-order valence-electron chi connectivity index (χ1n) is 8.95. The van der Waals surface area contributed by atoms with E-state index in [0.717, 1.165) is 31.5 Å². The van der Waals surface area contributed by atoms with Gasteiger partial charge in [0.1, 0.15) is 0 Å². The molecule has 1 saturated heterocycles. The van der Waals surface area contributed by atoms with E-state index in [4.69, 9.17) is 9.47 Å². The lowest BCUT2D eigenvalue weighted by atomic mass is 10.2. The number of benzene rings is 1. The molecule has 1 unspecified atom stereocenters. The fourth-order valence-electron chi connectivity index (χ4n) is 3.08. The van der Waals surface area contributed by atoms with Crippen LogP contribution in [0.5, 0.6) is 17.4 Å². The first-order chi connectivity index (χ1) is 12.7. The number of carbonyl (C=O) groups is 1. The highest BCUT2D eigenvalue weighted by Crippen LogP contribution is 2.31.